The first kappa shape index (κ1) is 19.3. The Bertz CT molecular complexity index is 947. The molecule has 0 atom stereocenters. The van der Waals surface area contributed by atoms with Crippen LogP contribution in [0.25, 0.3) is 0 Å². The lowest BCUT2D eigenvalue weighted by Crippen LogP contribution is -2.41. The standard InChI is InChI=1S/C17H17ClN2O6S/c1-2-24-12-3-5-13(6-4-12)27(22,23)20-19-17(21)11-9-14(18)16-15(10-11)25-7-8-26-16/h3-6,9-10,20H,2,7-8H2,1H3,(H,19,21). The molecule has 144 valence electrons. The average molecular weight is 413 g/mol. The Labute approximate surface area is 161 Å². The maximum Gasteiger partial charge on any atom is 0.266 e. The van der Waals surface area contributed by atoms with Gasteiger partial charge in [-0.05, 0) is 43.3 Å². The summed E-state index contributed by atoms with van der Waals surface area (Å²) in [6.07, 6.45) is 0. The number of rotatable bonds is 6. The fourth-order valence-corrected chi connectivity index (χ4v) is 3.47. The topological polar surface area (TPSA) is 103 Å². The largest absolute Gasteiger partial charge is 0.494 e. The molecule has 1 aliphatic heterocycles. The first-order valence-electron chi connectivity index (χ1n) is 8.05. The van der Waals surface area contributed by atoms with Crippen LogP contribution >= 0.6 is 11.6 Å². The molecule has 1 heterocycles. The van der Waals surface area contributed by atoms with Crippen molar-refractivity contribution in [2.24, 2.45) is 0 Å². The molecule has 0 saturated heterocycles. The van der Waals surface area contributed by atoms with Crippen molar-refractivity contribution in [3.63, 3.8) is 0 Å². The SMILES string of the molecule is CCOc1ccc(S(=O)(=O)NNC(=O)c2cc(Cl)c3c(c2)OCCO3)cc1. The molecule has 0 fully saturated rings. The van der Waals surface area contributed by atoms with Gasteiger partial charge in [-0.25, -0.2) is 8.42 Å². The monoisotopic (exact) mass is 412 g/mol. The lowest BCUT2D eigenvalue weighted by Gasteiger charge is -2.20. The third-order valence-electron chi connectivity index (χ3n) is 3.60. The molecule has 2 N–H and O–H groups in total. The molecule has 2 aromatic rings. The number of ether oxygens (including phenoxy) is 3. The van der Waals surface area contributed by atoms with Crippen LogP contribution < -0.4 is 24.5 Å². The second kappa shape index (κ2) is 8.03. The molecule has 10 heteroatoms. The van der Waals surface area contributed by atoms with Gasteiger partial charge in [0.15, 0.2) is 11.5 Å². The lowest BCUT2D eigenvalue weighted by molar-refractivity contribution is 0.0944. The molecule has 0 bridgehead atoms. The van der Waals surface area contributed by atoms with Gasteiger partial charge in [-0.3, -0.25) is 10.2 Å². The molecule has 0 aliphatic carbocycles. The molecule has 0 spiro atoms. The van der Waals surface area contributed by atoms with E-state index in [9.17, 15) is 13.2 Å². The van der Waals surface area contributed by atoms with Crippen LogP contribution in [-0.4, -0.2) is 34.1 Å². The van der Waals surface area contributed by atoms with E-state index in [-0.39, 0.29) is 15.5 Å². The minimum absolute atomic E-state index is 0.0218. The van der Waals surface area contributed by atoms with E-state index in [1.165, 1.54) is 36.4 Å². The number of hydrazine groups is 1. The fourth-order valence-electron chi connectivity index (χ4n) is 2.37. The van der Waals surface area contributed by atoms with Crippen LogP contribution in [0, 0.1) is 0 Å². The van der Waals surface area contributed by atoms with Crippen LogP contribution in [0.15, 0.2) is 41.3 Å². The van der Waals surface area contributed by atoms with E-state index in [1.807, 2.05) is 11.8 Å². The third-order valence-corrected chi connectivity index (χ3v) is 5.15. The third kappa shape index (κ3) is 4.44. The van der Waals surface area contributed by atoms with Crippen LogP contribution in [0.2, 0.25) is 5.02 Å². The zero-order valence-corrected chi connectivity index (χ0v) is 15.9. The molecular weight excluding hydrogens is 396 g/mol. The molecule has 2 aromatic carbocycles. The van der Waals surface area contributed by atoms with Gasteiger partial charge in [0.05, 0.1) is 16.5 Å². The quantitative estimate of drug-likeness (QED) is 0.704. The van der Waals surface area contributed by atoms with E-state index < -0.39 is 15.9 Å². The van der Waals surface area contributed by atoms with Crippen molar-refractivity contribution >= 4 is 27.5 Å². The number of carbonyl (C=O) groups is 1. The normalized spacial score (nSPS) is 13.1. The van der Waals surface area contributed by atoms with Crippen molar-refractivity contribution in [1.29, 1.82) is 0 Å². The predicted molar refractivity (Wildman–Crippen MR) is 97.8 cm³/mol. The Hall–Kier alpha value is -2.49. The van der Waals surface area contributed by atoms with Gasteiger partial charge in [-0.2, -0.15) is 0 Å². The summed E-state index contributed by atoms with van der Waals surface area (Å²) in [6.45, 7) is 2.99. The maximum absolute atomic E-state index is 12.3. The number of hydrogen-bond donors (Lipinski definition) is 2. The molecule has 1 aliphatic rings. The summed E-state index contributed by atoms with van der Waals surface area (Å²) in [4.78, 5) is 14.3. The zero-order chi connectivity index (χ0) is 19.4. The van der Waals surface area contributed by atoms with Crippen molar-refractivity contribution in [2.75, 3.05) is 19.8 Å². The lowest BCUT2D eigenvalue weighted by atomic mass is 10.2. The van der Waals surface area contributed by atoms with E-state index in [1.54, 1.807) is 0 Å². The van der Waals surface area contributed by atoms with Crippen molar-refractivity contribution in [1.82, 2.24) is 10.3 Å². The highest BCUT2D eigenvalue weighted by atomic mass is 35.5. The minimum Gasteiger partial charge on any atom is -0.494 e. The smallest absolute Gasteiger partial charge is 0.266 e. The summed E-state index contributed by atoms with van der Waals surface area (Å²) in [5.74, 6) is 0.539. The Kier molecular flexibility index (Phi) is 5.73. The molecule has 1 amide bonds. The molecule has 0 unspecified atom stereocenters. The van der Waals surface area contributed by atoms with Crippen LogP contribution in [0.5, 0.6) is 17.2 Å². The van der Waals surface area contributed by atoms with E-state index in [0.717, 1.165) is 0 Å². The Balaban J connectivity index is 1.70. The molecule has 0 aromatic heterocycles. The summed E-state index contributed by atoms with van der Waals surface area (Å²) in [7, 11) is -3.95. The summed E-state index contributed by atoms with van der Waals surface area (Å²) in [6, 6.07) is 8.61. The number of fused-ring (bicyclic) bond motifs is 1. The van der Waals surface area contributed by atoms with Gasteiger partial charge in [-0.15, -0.1) is 4.83 Å². The highest BCUT2D eigenvalue weighted by Gasteiger charge is 2.21. The van der Waals surface area contributed by atoms with Gasteiger partial charge in [0, 0.05) is 5.56 Å². The highest BCUT2D eigenvalue weighted by molar-refractivity contribution is 7.89. The van der Waals surface area contributed by atoms with Gasteiger partial charge in [0.1, 0.15) is 19.0 Å². The van der Waals surface area contributed by atoms with Gasteiger partial charge < -0.3 is 14.2 Å². The number of halogens is 1. The number of benzene rings is 2. The van der Waals surface area contributed by atoms with E-state index in [0.29, 0.717) is 37.1 Å². The first-order valence-corrected chi connectivity index (χ1v) is 9.91. The Morgan fingerprint density at radius 3 is 2.59 bits per heavy atom. The number of carbonyl (C=O) groups excluding carboxylic acids is 1. The fraction of sp³-hybridized carbons (Fsp3) is 0.235. The summed E-state index contributed by atoms with van der Waals surface area (Å²) in [5, 5.41) is 0.201. The van der Waals surface area contributed by atoms with E-state index >= 15 is 0 Å². The highest BCUT2D eigenvalue weighted by Crippen LogP contribution is 2.38. The van der Waals surface area contributed by atoms with Gasteiger partial charge in [0.25, 0.3) is 15.9 Å². The van der Waals surface area contributed by atoms with E-state index in [4.69, 9.17) is 25.8 Å². The van der Waals surface area contributed by atoms with Crippen LogP contribution in [0.1, 0.15) is 17.3 Å². The second-order valence-corrected chi connectivity index (χ2v) is 7.54. The van der Waals surface area contributed by atoms with Crippen molar-refractivity contribution in [2.45, 2.75) is 11.8 Å². The number of hydrogen-bond acceptors (Lipinski definition) is 6. The van der Waals surface area contributed by atoms with Crippen molar-refractivity contribution < 1.29 is 27.4 Å². The Morgan fingerprint density at radius 1 is 1.19 bits per heavy atom. The molecule has 27 heavy (non-hydrogen) atoms. The van der Waals surface area contributed by atoms with Crippen LogP contribution in [0.4, 0.5) is 0 Å². The minimum atomic E-state index is -3.95. The average Bonchev–Trinajstić information content (AvgIpc) is 2.67. The van der Waals surface area contributed by atoms with E-state index in [2.05, 4.69) is 5.43 Å². The summed E-state index contributed by atoms with van der Waals surface area (Å²) >= 11 is 6.08. The summed E-state index contributed by atoms with van der Waals surface area (Å²) < 4.78 is 40.6. The molecule has 3 rings (SSSR count). The molecule has 0 radical (unpaired) electrons. The molecular formula is C17H17ClN2O6S. The predicted octanol–water partition coefficient (Wildman–Crippen LogP) is 2.13. The zero-order valence-electron chi connectivity index (χ0n) is 14.3. The second-order valence-electron chi connectivity index (χ2n) is 5.45. The summed E-state index contributed by atoms with van der Waals surface area (Å²) in [5.41, 5.74) is 2.27. The van der Waals surface area contributed by atoms with Crippen LogP contribution in [0.3, 0.4) is 0 Å². The number of nitrogens with one attached hydrogen (secondary N) is 2. The van der Waals surface area contributed by atoms with Gasteiger partial charge in [0.2, 0.25) is 0 Å². The van der Waals surface area contributed by atoms with Crippen LogP contribution in [-0.2, 0) is 10.0 Å². The number of amides is 1. The van der Waals surface area contributed by atoms with Gasteiger partial charge in [-0.1, -0.05) is 11.6 Å². The maximum atomic E-state index is 12.3. The molecule has 8 nitrogen and oxygen atoms in total. The Morgan fingerprint density at radius 2 is 1.89 bits per heavy atom. The van der Waals surface area contributed by atoms with Crippen molar-refractivity contribution in [3.05, 3.63) is 47.0 Å². The van der Waals surface area contributed by atoms with Gasteiger partial charge >= 0.3 is 0 Å². The number of sulfonamides is 1. The molecule has 0 saturated carbocycles. The first-order chi connectivity index (χ1) is 12.9. The van der Waals surface area contributed by atoms with Crippen molar-refractivity contribution in [3.8, 4) is 17.2 Å².